The van der Waals surface area contributed by atoms with Crippen LogP contribution in [0.2, 0.25) is 0 Å². The van der Waals surface area contributed by atoms with Crippen molar-refractivity contribution in [1.29, 1.82) is 5.41 Å². The molecule has 7 heteroatoms. The normalized spacial score (nSPS) is 18.1. The van der Waals surface area contributed by atoms with E-state index in [1.54, 1.807) is 4.90 Å². The number of rotatable bonds is 7. The molecular weight excluding hydrogens is 382 g/mol. The SMILES string of the molecule is COC(=O)C[C@@H]1CC[C@@H](COc2ccc(-c3ccc(C(=N)N)cc3)cc2)N1C(C)=O. The van der Waals surface area contributed by atoms with E-state index >= 15 is 0 Å². The molecule has 7 nitrogen and oxygen atoms in total. The third-order valence-electron chi connectivity index (χ3n) is 5.44. The van der Waals surface area contributed by atoms with Crippen molar-refractivity contribution in [3.8, 4) is 16.9 Å². The second kappa shape index (κ2) is 9.43. The topological polar surface area (TPSA) is 106 Å². The van der Waals surface area contributed by atoms with Crippen molar-refractivity contribution in [2.75, 3.05) is 13.7 Å². The van der Waals surface area contributed by atoms with E-state index in [0.717, 1.165) is 29.7 Å². The van der Waals surface area contributed by atoms with Crippen LogP contribution in [0, 0.1) is 5.41 Å². The van der Waals surface area contributed by atoms with Crippen LogP contribution in [0.25, 0.3) is 11.1 Å². The Balaban J connectivity index is 1.61. The van der Waals surface area contributed by atoms with E-state index < -0.39 is 0 Å². The number of nitrogens with one attached hydrogen (secondary N) is 1. The number of carbonyl (C=O) groups is 2. The third kappa shape index (κ3) is 4.97. The van der Waals surface area contributed by atoms with Crippen LogP contribution in [0.15, 0.2) is 48.5 Å². The van der Waals surface area contributed by atoms with Gasteiger partial charge in [0.2, 0.25) is 5.91 Å². The molecule has 0 spiro atoms. The Kier molecular flexibility index (Phi) is 6.72. The molecule has 0 unspecified atom stereocenters. The quantitative estimate of drug-likeness (QED) is 0.415. The second-order valence-corrected chi connectivity index (χ2v) is 7.42. The first-order chi connectivity index (χ1) is 14.4. The van der Waals surface area contributed by atoms with E-state index in [-0.39, 0.29) is 36.2 Å². The molecule has 3 rings (SSSR count). The molecule has 0 aromatic heterocycles. The summed E-state index contributed by atoms with van der Waals surface area (Å²) in [5.41, 5.74) is 8.24. The number of nitrogens with zero attached hydrogens (tertiary/aromatic N) is 1. The van der Waals surface area contributed by atoms with Gasteiger partial charge in [-0.1, -0.05) is 36.4 Å². The predicted octanol–water partition coefficient (Wildman–Crippen LogP) is 2.96. The van der Waals surface area contributed by atoms with E-state index in [9.17, 15) is 9.59 Å². The van der Waals surface area contributed by atoms with Gasteiger partial charge in [0, 0.05) is 18.5 Å². The van der Waals surface area contributed by atoms with Crippen molar-refractivity contribution in [2.45, 2.75) is 38.3 Å². The van der Waals surface area contributed by atoms with E-state index in [2.05, 4.69) is 0 Å². The largest absolute Gasteiger partial charge is 0.491 e. The summed E-state index contributed by atoms with van der Waals surface area (Å²) in [4.78, 5) is 25.5. The highest BCUT2D eigenvalue weighted by atomic mass is 16.5. The number of amides is 1. The summed E-state index contributed by atoms with van der Waals surface area (Å²) < 4.78 is 10.7. The Morgan fingerprint density at radius 2 is 1.60 bits per heavy atom. The molecule has 0 saturated carbocycles. The molecule has 1 saturated heterocycles. The summed E-state index contributed by atoms with van der Waals surface area (Å²) in [5.74, 6) is 0.406. The molecule has 1 aliphatic rings. The zero-order chi connectivity index (χ0) is 21.7. The number of nitrogen functional groups attached to an aromatic ring is 1. The Morgan fingerprint density at radius 3 is 2.13 bits per heavy atom. The molecule has 1 amide bonds. The van der Waals surface area contributed by atoms with Gasteiger partial charge in [0.05, 0.1) is 19.6 Å². The number of likely N-dealkylation sites (tertiary alicyclic amines) is 1. The van der Waals surface area contributed by atoms with Crippen molar-refractivity contribution in [1.82, 2.24) is 4.90 Å². The number of carbonyl (C=O) groups excluding carboxylic acids is 2. The van der Waals surface area contributed by atoms with Gasteiger partial charge in [0.25, 0.3) is 0 Å². The van der Waals surface area contributed by atoms with Crippen LogP contribution in [0.1, 0.15) is 31.7 Å². The van der Waals surface area contributed by atoms with Crippen LogP contribution in [0.3, 0.4) is 0 Å². The fourth-order valence-electron chi connectivity index (χ4n) is 3.89. The zero-order valence-corrected chi connectivity index (χ0v) is 17.3. The summed E-state index contributed by atoms with van der Waals surface area (Å²) in [6, 6.07) is 15.0. The fourth-order valence-corrected chi connectivity index (χ4v) is 3.89. The van der Waals surface area contributed by atoms with Gasteiger partial charge in [-0.05, 0) is 36.1 Å². The van der Waals surface area contributed by atoms with Gasteiger partial charge in [-0.3, -0.25) is 15.0 Å². The number of methoxy groups -OCH3 is 1. The van der Waals surface area contributed by atoms with Gasteiger partial charge >= 0.3 is 5.97 Å². The van der Waals surface area contributed by atoms with Gasteiger partial charge in [0.1, 0.15) is 18.2 Å². The molecule has 158 valence electrons. The van der Waals surface area contributed by atoms with Crippen molar-refractivity contribution >= 4 is 17.7 Å². The first-order valence-electron chi connectivity index (χ1n) is 9.92. The second-order valence-electron chi connectivity index (χ2n) is 7.42. The van der Waals surface area contributed by atoms with E-state index in [4.69, 9.17) is 20.6 Å². The molecule has 30 heavy (non-hydrogen) atoms. The maximum atomic E-state index is 12.1. The standard InChI is InChI=1S/C23H27N3O4/c1-15(27)26-19(13-22(28)29-2)9-10-20(26)14-30-21-11-7-17(8-12-21)16-3-5-18(6-4-16)23(24)25/h3-8,11-12,19-20H,9-10,13-14H2,1-2H3,(H3,24,25)/t19-,20-/m0/s1. The molecular formula is C23H27N3O4. The lowest BCUT2D eigenvalue weighted by molar-refractivity contribution is -0.143. The highest BCUT2D eigenvalue weighted by molar-refractivity contribution is 5.95. The summed E-state index contributed by atoms with van der Waals surface area (Å²) in [6.07, 6.45) is 1.77. The van der Waals surface area contributed by atoms with Gasteiger partial charge in [0.15, 0.2) is 0 Å². The number of esters is 1. The molecule has 1 fully saturated rings. The number of ether oxygens (including phenoxy) is 2. The summed E-state index contributed by atoms with van der Waals surface area (Å²) in [5, 5.41) is 7.47. The molecule has 0 aliphatic carbocycles. The third-order valence-corrected chi connectivity index (χ3v) is 5.44. The maximum Gasteiger partial charge on any atom is 0.307 e. The van der Waals surface area contributed by atoms with E-state index in [1.165, 1.54) is 14.0 Å². The summed E-state index contributed by atoms with van der Waals surface area (Å²) in [7, 11) is 1.36. The number of hydrogen-bond donors (Lipinski definition) is 2. The lowest BCUT2D eigenvalue weighted by Crippen LogP contribution is -2.43. The molecule has 1 heterocycles. The highest BCUT2D eigenvalue weighted by Crippen LogP contribution is 2.28. The van der Waals surface area contributed by atoms with Gasteiger partial charge in [-0.2, -0.15) is 0 Å². The van der Waals surface area contributed by atoms with Crippen LogP contribution in [-0.2, 0) is 14.3 Å². The van der Waals surface area contributed by atoms with Crippen LogP contribution in [-0.4, -0.2) is 48.4 Å². The van der Waals surface area contributed by atoms with Crippen LogP contribution < -0.4 is 10.5 Å². The average molecular weight is 409 g/mol. The first-order valence-corrected chi connectivity index (χ1v) is 9.92. The lowest BCUT2D eigenvalue weighted by Gasteiger charge is -2.28. The molecule has 2 atom stereocenters. The summed E-state index contributed by atoms with van der Waals surface area (Å²) >= 11 is 0. The minimum Gasteiger partial charge on any atom is -0.491 e. The fraction of sp³-hybridized carbons (Fsp3) is 0.348. The number of benzene rings is 2. The van der Waals surface area contributed by atoms with Crippen molar-refractivity contribution in [3.63, 3.8) is 0 Å². The van der Waals surface area contributed by atoms with Crippen LogP contribution >= 0.6 is 0 Å². The number of hydrogen-bond acceptors (Lipinski definition) is 5. The Morgan fingerprint density at radius 1 is 1.03 bits per heavy atom. The predicted molar refractivity (Wildman–Crippen MR) is 114 cm³/mol. The maximum absolute atomic E-state index is 12.1. The Labute approximate surface area is 176 Å². The van der Waals surface area contributed by atoms with E-state index in [1.807, 2.05) is 48.5 Å². The lowest BCUT2D eigenvalue weighted by atomic mass is 10.0. The minimum atomic E-state index is -0.306. The van der Waals surface area contributed by atoms with Crippen molar-refractivity contribution in [2.24, 2.45) is 5.73 Å². The Bertz CT molecular complexity index is 909. The zero-order valence-electron chi connectivity index (χ0n) is 17.3. The molecule has 2 aromatic rings. The highest BCUT2D eigenvalue weighted by Gasteiger charge is 2.36. The van der Waals surface area contributed by atoms with Gasteiger partial charge in [-0.15, -0.1) is 0 Å². The minimum absolute atomic E-state index is 0.0469. The van der Waals surface area contributed by atoms with Crippen molar-refractivity contribution < 1.29 is 19.1 Å². The smallest absolute Gasteiger partial charge is 0.307 e. The van der Waals surface area contributed by atoms with Gasteiger partial charge in [-0.25, -0.2) is 0 Å². The summed E-state index contributed by atoms with van der Waals surface area (Å²) in [6.45, 7) is 1.90. The molecule has 2 aromatic carbocycles. The number of amidine groups is 1. The van der Waals surface area contributed by atoms with Crippen LogP contribution in [0.4, 0.5) is 0 Å². The molecule has 0 bridgehead atoms. The molecule has 1 aliphatic heterocycles. The molecule has 0 radical (unpaired) electrons. The van der Waals surface area contributed by atoms with E-state index in [0.29, 0.717) is 12.2 Å². The average Bonchev–Trinajstić information content (AvgIpc) is 3.15. The molecule has 3 N–H and O–H groups in total. The Hall–Kier alpha value is -3.35. The monoisotopic (exact) mass is 409 g/mol. The first kappa shape index (κ1) is 21.4. The van der Waals surface area contributed by atoms with Gasteiger partial charge < -0.3 is 20.1 Å². The van der Waals surface area contributed by atoms with Crippen LogP contribution in [0.5, 0.6) is 5.75 Å². The van der Waals surface area contributed by atoms with Crippen molar-refractivity contribution in [3.05, 3.63) is 54.1 Å². The number of nitrogens with two attached hydrogens (primary N) is 1.